The van der Waals surface area contributed by atoms with Crippen LogP contribution >= 0.6 is 0 Å². The normalized spacial score (nSPS) is 21.1. The second-order valence-corrected chi connectivity index (χ2v) is 11.3. The Hall–Kier alpha value is -2.70. The summed E-state index contributed by atoms with van der Waals surface area (Å²) in [7, 11) is 0. The van der Waals surface area contributed by atoms with Crippen LogP contribution in [0.25, 0.3) is 0 Å². The van der Waals surface area contributed by atoms with Crippen LogP contribution in [0.2, 0.25) is 0 Å². The number of hydrogen-bond acceptors (Lipinski definition) is 6. The maximum atomic E-state index is 11.8. The van der Waals surface area contributed by atoms with Crippen LogP contribution in [-0.4, -0.2) is 61.0 Å². The lowest BCUT2D eigenvalue weighted by molar-refractivity contribution is 0.0526. The topological polar surface area (TPSA) is 59.1 Å². The molecule has 0 N–H and O–H groups in total. The summed E-state index contributed by atoms with van der Waals surface area (Å²) in [6.07, 6.45) is 5.94. The number of fused-ring (bicyclic) bond motifs is 2. The van der Waals surface area contributed by atoms with Gasteiger partial charge in [0.25, 0.3) is 0 Å². The number of nitrogens with zero attached hydrogens (tertiary/aromatic N) is 2. The molecular weight excluding hydrogens is 452 g/mol. The smallest absolute Gasteiger partial charge is 0.338 e. The van der Waals surface area contributed by atoms with Crippen molar-refractivity contribution in [2.75, 3.05) is 39.3 Å². The first-order valence-corrected chi connectivity index (χ1v) is 13.4. The molecule has 4 aliphatic heterocycles. The van der Waals surface area contributed by atoms with Crippen LogP contribution in [0, 0.1) is 19.3 Å². The average Bonchev–Trinajstić information content (AvgIpc) is 3.58. The van der Waals surface area contributed by atoms with Crippen LogP contribution in [0.3, 0.4) is 0 Å². The second-order valence-electron chi connectivity index (χ2n) is 11.3. The summed E-state index contributed by atoms with van der Waals surface area (Å²) in [4.78, 5) is 28.9. The molecule has 6 nitrogen and oxygen atoms in total. The number of carbonyl (C=O) groups excluding carboxylic acids is 2. The Labute approximate surface area is 213 Å². The Morgan fingerprint density at radius 3 is 1.72 bits per heavy atom. The molecule has 0 saturated carbocycles. The molecule has 0 bridgehead atoms. The fourth-order valence-corrected chi connectivity index (χ4v) is 6.77. The maximum absolute atomic E-state index is 11.8. The van der Waals surface area contributed by atoms with Gasteiger partial charge in [-0.25, -0.2) is 9.59 Å². The van der Waals surface area contributed by atoms with Crippen molar-refractivity contribution in [3.05, 3.63) is 68.8 Å². The highest BCUT2D eigenvalue weighted by Crippen LogP contribution is 2.40. The lowest BCUT2D eigenvalue weighted by Crippen LogP contribution is -2.42. The number of hydrogen-bond donors (Lipinski definition) is 0. The van der Waals surface area contributed by atoms with Gasteiger partial charge in [-0.05, 0) is 105 Å². The zero-order valence-corrected chi connectivity index (χ0v) is 21.5. The lowest BCUT2D eigenvalue weighted by Gasteiger charge is -2.39. The van der Waals surface area contributed by atoms with Gasteiger partial charge in [-0.15, -0.1) is 0 Å². The van der Waals surface area contributed by atoms with Crippen molar-refractivity contribution in [3.8, 4) is 0 Å². The largest absolute Gasteiger partial charge is 0.457 e. The fraction of sp³-hybridized carbons (Fsp3) is 0.533. The highest BCUT2D eigenvalue weighted by Gasteiger charge is 2.40. The van der Waals surface area contributed by atoms with E-state index in [1.807, 2.05) is 12.1 Å². The minimum atomic E-state index is -0.180. The zero-order valence-electron chi connectivity index (χ0n) is 21.5. The highest BCUT2D eigenvalue weighted by atomic mass is 16.5. The van der Waals surface area contributed by atoms with Crippen LogP contribution < -0.4 is 0 Å². The molecule has 6 heteroatoms. The molecule has 190 valence electrons. The molecular formula is C30H36N2O4. The van der Waals surface area contributed by atoms with Crippen LogP contribution in [0.5, 0.6) is 0 Å². The number of piperidine rings is 1. The van der Waals surface area contributed by atoms with Crippen LogP contribution in [0.1, 0.15) is 73.4 Å². The average molecular weight is 489 g/mol. The number of cyclic esters (lactones) is 2. The minimum Gasteiger partial charge on any atom is -0.457 e. The number of benzene rings is 2. The summed E-state index contributed by atoms with van der Waals surface area (Å²) in [6.45, 7) is 12.1. The number of esters is 2. The van der Waals surface area contributed by atoms with Gasteiger partial charge >= 0.3 is 11.9 Å². The molecule has 0 radical (unpaired) electrons. The summed E-state index contributed by atoms with van der Waals surface area (Å²) in [5.41, 5.74) is 9.30. The van der Waals surface area contributed by atoms with Gasteiger partial charge in [0.1, 0.15) is 13.2 Å². The molecule has 0 aliphatic carbocycles. The molecule has 0 unspecified atom stereocenters. The molecule has 2 aromatic rings. The Balaban J connectivity index is 0.988. The maximum Gasteiger partial charge on any atom is 0.338 e. The molecule has 0 amide bonds. The number of rotatable bonds is 6. The van der Waals surface area contributed by atoms with Crippen molar-refractivity contribution in [1.82, 2.24) is 9.80 Å². The van der Waals surface area contributed by atoms with Crippen molar-refractivity contribution in [3.63, 3.8) is 0 Å². The zero-order chi connectivity index (χ0) is 24.9. The predicted octanol–water partition coefficient (Wildman–Crippen LogP) is 4.22. The molecule has 4 aliphatic rings. The first-order valence-electron chi connectivity index (χ1n) is 13.4. The third-order valence-electron chi connectivity index (χ3n) is 9.39. The standard InChI is InChI=1S/C30H36N2O4/c1-20-22(3-5-24-26(20)17-35-28(24)33)7-12-31-14-9-30(10-15-31)11-16-32(19-30)13-8-23-4-6-25-27(21(23)2)18-36-29(25)34/h3-6H,7-19H2,1-2H3. The number of likely N-dealkylation sites (tertiary alicyclic amines) is 2. The predicted molar refractivity (Wildman–Crippen MR) is 137 cm³/mol. The van der Waals surface area contributed by atoms with Crippen molar-refractivity contribution in [2.45, 2.75) is 59.2 Å². The summed E-state index contributed by atoms with van der Waals surface area (Å²) in [6, 6.07) is 8.14. The van der Waals surface area contributed by atoms with Gasteiger partial charge in [-0.3, -0.25) is 0 Å². The van der Waals surface area contributed by atoms with Crippen molar-refractivity contribution >= 4 is 11.9 Å². The summed E-state index contributed by atoms with van der Waals surface area (Å²) in [5, 5.41) is 0. The Morgan fingerprint density at radius 2 is 1.19 bits per heavy atom. The molecule has 2 fully saturated rings. The molecule has 0 atom stereocenters. The van der Waals surface area contributed by atoms with Crippen molar-refractivity contribution in [1.29, 1.82) is 0 Å². The molecule has 6 rings (SSSR count). The van der Waals surface area contributed by atoms with Gasteiger partial charge in [0.2, 0.25) is 0 Å². The molecule has 4 heterocycles. The SMILES string of the molecule is Cc1c(CCN2CCC3(CC2)CCN(CCc2ccc4c(c2C)COC4=O)C3)ccc2c1COC2=O. The van der Waals surface area contributed by atoms with E-state index in [9.17, 15) is 9.59 Å². The lowest BCUT2D eigenvalue weighted by atomic mass is 9.77. The van der Waals surface area contributed by atoms with Gasteiger partial charge in [0.15, 0.2) is 0 Å². The van der Waals surface area contributed by atoms with Crippen molar-refractivity contribution < 1.29 is 19.1 Å². The summed E-state index contributed by atoms with van der Waals surface area (Å²) >= 11 is 0. The van der Waals surface area contributed by atoms with Crippen molar-refractivity contribution in [2.24, 2.45) is 5.41 Å². The third-order valence-corrected chi connectivity index (χ3v) is 9.39. The van der Waals surface area contributed by atoms with Gasteiger partial charge in [0, 0.05) is 30.8 Å². The molecule has 36 heavy (non-hydrogen) atoms. The van der Waals surface area contributed by atoms with Gasteiger partial charge in [-0.1, -0.05) is 12.1 Å². The Bertz CT molecular complexity index is 1210. The first-order chi connectivity index (χ1) is 17.4. The van der Waals surface area contributed by atoms with Crippen LogP contribution in [-0.2, 0) is 35.5 Å². The van der Waals surface area contributed by atoms with E-state index in [4.69, 9.17) is 9.47 Å². The summed E-state index contributed by atoms with van der Waals surface area (Å²) < 4.78 is 10.4. The van der Waals surface area contributed by atoms with Gasteiger partial charge in [0.05, 0.1) is 11.1 Å². The Kier molecular flexibility index (Phi) is 6.12. The molecule has 0 aromatic heterocycles. The van der Waals surface area contributed by atoms with E-state index >= 15 is 0 Å². The molecule has 2 aromatic carbocycles. The van der Waals surface area contributed by atoms with Gasteiger partial charge in [-0.2, -0.15) is 0 Å². The van der Waals surface area contributed by atoms with E-state index < -0.39 is 0 Å². The van der Waals surface area contributed by atoms with E-state index in [1.54, 1.807) is 0 Å². The second kappa shape index (κ2) is 9.31. The monoisotopic (exact) mass is 488 g/mol. The molecule has 2 saturated heterocycles. The quantitative estimate of drug-likeness (QED) is 0.568. The summed E-state index contributed by atoms with van der Waals surface area (Å²) in [5.74, 6) is -0.360. The fourth-order valence-electron chi connectivity index (χ4n) is 6.77. The van der Waals surface area contributed by atoms with Crippen LogP contribution in [0.15, 0.2) is 24.3 Å². The van der Waals surface area contributed by atoms with E-state index in [1.165, 1.54) is 67.7 Å². The number of ether oxygens (including phenoxy) is 2. The van der Waals surface area contributed by atoms with E-state index in [2.05, 4.69) is 35.8 Å². The Morgan fingerprint density at radius 1 is 0.722 bits per heavy atom. The third kappa shape index (κ3) is 4.24. The van der Waals surface area contributed by atoms with Crippen LogP contribution in [0.4, 0.5) is 0 Å². The minimum absolute atomic E-state index is 0.180. The molecule has 1 spiro atoms. The number of carbonyl (C=O) groups is 2. The van der Waals surface area contributed by atoms with E-state index in [0.717, 1.165) is 48.2 Å². The first kappa shape index (κ1) is 23.7. The van der Waals surface area contributed by atoms with E-state index in [-0.39, 0.29) is 11.9 Å². The van der Waals surface area contributed by atoms with Gasteiger partial charge < -0.3 is 19.3 Å². The highest BCUT2D eigenvalue weighted by molar-refractivity contribution is 5.94. The van der Waals surface area contributed by atoms with E-state index in [0.29, 0.717) is 18.6 Å².